The van der Waals surface area contributed by atoms with Gasteiger partial charge < -0.3 is 9.80 Å². The van der Waals surface area contributed by atoms with Crippen LogP contribution in [0, 0.1) is 0 Å². The van der Waals surface area contributed by atoms with E-state index in [9.17, 15) is 0 Å². The molecule has 0 amide bonds. The van der Waals surface area contributed by atoms with Crippen LogP contribution in [-0.2, 0) is 0 Å². The Bertz CT molecular complexity index is 2250. The molecule has 214 valence electrons. The molecule has 4 aliphatic heterocycles. The second kappa shape index (κ2) is 8.87. The standard InChI is InChI=1S/C44H28N2/c1-3-19-33-27(13-1)29-15-5-9-21-39(29)45-41-23-11-7-17-31(41)35-25-36-32-18-8-12-24-42(32)46-40-22-10-6-16-30(40)28-14-2-4-20-34(28)44(46)38(36)26-37(35)43(33)45/h1-26,43-44H. The van der Waals surface area contributed by atoms with Crippen LogP contribution in [0.3, 0.4) is 0 Å². The fraction of sp³-hybridized carbons (Fsp3) is 0.0455. The zero-order chi connectivity index (χ0) is 29.9. The van der Waals surface area contributed by atoms with E-state index < -0.39 is 0 Å². The van der Waals surface area contributed by atoms with Crippen LogP contribution in [0.25, 0.3) is 44.5 Å². The molecule has 2 unspecified atom stereocenters. The fourth-order valence-corrected chi connectivity index (χ4v) is 8.87. The molecule has 7 aromatic rings. The highest BCUT2D eigenvalue weighted by molar-refractivity contribution is 6.01. The van der Waals surface area contributed by atoms with Crippen LogP contribution in [0.5, 0.6) is 0 Å². The molecular weight excluding hydrogens is 556 g/mol. The Morgan fingerprint density at radius 1 is 0.261 bits per heavy atom. The van der Waals surface area contributed by atoms with Crippen molar-refractivity contribution in [3.63, 3.8) is 0 Å². The van der Waals surface area contributed by atoms with Crippen molar-refractivity contribution in [2.24, 2.45) is 0 Å². The molecule has 0 aromatic heterocycles. The first-order valence-corrected chi connectivity index (χ1v) is 16.2. The normalized spacial score (nSPS) is 17.0. The van der Waals surface area contributed by atoms with Gasteiger partial charge in [-0.15, -0.1) is 0 Å². The number of hydrogen-bond donors (Lipinski definition) is 0. The highest BCUT2D eigenvalue weighted by Crippen LogP contribution is 2.61. The zero-order valence-corrected chi connectivity index (χ0v) is 25.1. The average molecular weight is 585 g/mol. The first-order valence-electron chi connectivity index (χ1n) is 16.2. The Balaban J connectivity index is 1.26. The maximum atomic E-state index is 2.60. The summed E-state index contributed by atoms with van der Waals surface area (Å²) in [5, 5.41) is 0. The molecule has 46 heavy (non-hydrogen) atoms. The monoisotopic (exact) mass is 584 g/mol. The molecule has 2 nitrogen and oxygen atoms in total. The highest BCUT2D eigenvalue weighted by Gasteiger charge is 2.43. The summed E-state index contributed by atoms with van der Waals surface area (Å²) < 4.78 is 0. The smallest absolute Gasteiger partial charge is 0.0857 e. The summed E-state index contributed by atoms with van der Waals surface area (Å²) in [7, 11) is 0. The molecule has 11 rings (SSSR count). The SMILES string of the molecule is c1ccc2c(c1)-c1ccccc1N1c3ccccc3-c3cc4c(cc3C21)C1c2ccccc2-c2ccccc2N1c1ccccc1-4. The van der Waals surface area contributed by atoms with E-state index in [1.165, 1.54) is 89.5 Å². The van der Waals surface area contributed by atoms with Gasteiger partial charge in [0.2, 0.25) is 0 Å². The predicted octanol–water partition coefficient (Wildman–Crippen LogP) is 11.5. The minimum Gasteiger partial charge on any atom is -0.329 e. The minimum atomic E-state index is 0.0676. The second-order valence-corrected chi connectivity index (χ2v) is 12.8. The summed E-state index contributed by atoms with van der Waals surface area (Å²) >= 11 is 0. The molecule has 0 bridgehead atoms. The predicted molar refractivity (Wildman–Crippen MR) is 189 cm³/mol. The molecule has 7 aromatic carbocycles. The molecule has 2 heteroatoms. The number of fused-ring (bicyclic) bond motifs is 22. The molecule has 4 heterocycles. The van der Waals surface area contributed by atoms with Gasteiger partial charge in [-0.1, -0.05) is 121 Å². The van der Waals surface area contributed by atoms with Crippen molar-refractivity contribution >= 4 is 22.7 Å². The van der Waals surface area contributed by atoms with Gasteiger partial charge >= 0.3 is 0 Å². The van der Waals surface area contributed by atoms with E-state index >= 15 is 0 Å². The van der Waals surface area contributed by atoms with Crippen molar-refractivity contribution in [1.29, 1.82) is 0 Å². The van der Waals surface area contributed by atoms with Crippen molar-refractivity contribution in [3.8, 4) is 44.5 Å². The van der Waals surface area contributed by atoms with Gasteiger partial charge in [0.1, 0.15) is 0 Å². The maximum Gasteiger partial charge on any atom is 0.0857 e. The molecule has 0 radical (unpaired) electrons. The van der Waals surface area contributed by atoms with Crippen molar-refractivity contribution < 1.29 is 0 Å². The number of nitrogens with zero attached hydrogens (tertiary/aromatic N) is 2. The van der Waals surface area contributed by atoms with Crippen molar-refractivity contribution in [2.45, 2.75) is 12.1 Å². The molecule has 0 spiro atoms. The Morgan fingerprint density at radius 2 is 0.565 bits per heavy atom. The third kappa shape index (κ3) is 3.01. The number of para-hydroxylation sites is 4. The largest absolute Gasteiger partial charge is 0.329 e. The first kappa shape index (κ1) is 24.5. The lowest BCUT2D eigenvalue weighted by Gasteiger charge is -2.48. The van der Waals surface area contributed by atoms with E-state index in [2.05, 4.69) is 168 Å². The Labute approximate surface area is 268 Å². The van der Waals surface area contributed by atoms with E-state index in [0.717, 1.165) is 0 Å². The summed E-state index contributed by atoms with van der Waals surface area (Å²) in [6, 6.07) is 59.1. The first-order chi connectivity index (χ1) is 22.9. The van der Waals surface area contributed by atoms with Crippen LogP contribution in [-0.4, -0.2) is 0 Å². The molecule has 0 saturated heterocycles. The van der Waals surface area contributed by atoms with Crippen LogP contribution in [0.4, 0.5) is 22.7 Å². The van der Waals surface area contributed by atoms with Crippen molar-refractivity contribution in [2.75, 3.05) is 9.80 Å². The Kier molecular flexibility index (Phi) is 4.71. The lowest BCUT2D eigenvalue weighted by Crippen LogP contribution is -2.34. The van der Waals surface area contributed by atoms with Gasteiger partial charge in [-0.2, -0.15) is 0 Å². The van der Waals surface area contributed by atoms with Gasteiger partial charge in [-0.3, -0.25) is 0 Å². The molecule has 0 fully saturated rings. The van der Waals surface area contributed by atoms with E-state index in [1.807, 2.05) is 0 Å². The number of rotatable bonds is 0. The van der Waals surface area contributed by atoms with E-state index in [1.54, 1.807) is 0 Å². The van der Waals surface area contributed by atoms with E-state index in [4.69, 9.17) is 0 Å². The minimum absolute atomic E-state index is 0.0676. The summed E-state index contributed by atoms with van der Waals surface area (Å²) in [6.07, 6.45) is 0. The van der Waals surface area contributed by atoms with Gasteiger partial charge in [0.25, 0.3) is 0 Å². The molecule has 0 aliphatic carbocycles. The second-order valence-electron chi connectivity index (χ2n) is 12.8. The van der Waals surface area contributed by atoms with E-state index in [-0.39, 0.29) is 12.1 Å². The highest BCUT2D eigenvalue weighted by atomic mass is 15.2. The number of anilines is 4. The third-order valence-electron chi connectivity index (χ3n) is 10.7. The van der Waals surface area contributed by atoms with Gasteiger partial charge in [0, 0.05) is 45.0 Å². The van der Waals surface area contributed by atoms with Gasteiger partial charge in [0.05, 0.1) is 12.1 Å². The summed E-state index contributed by atoms with van der Waals surface area (Å²) in [4.78, 5) is 5.20. The summed E-state index contributed by atoms with van der Waals surface area (Å²) in [5.74, 6) is 0. The van der Waals surface area contributed by atoms with Crippen molar-refractivity contribution in [3.05, 3.63) is 180 Å². The van der Waals surface area contributed by atoms with E-state index in [0.29, 0.717) is 0 Å². The van der Waals surface area contributed by atoms with Crippen LogP contribution in [0.15, 0.2) is 158 Å². The Morgan fingerprint density at radius 3 is 0.957 bits per heavy atom. The van der Waals surface area contributed by atoms with Crippen LogP contribution < -0.4 is 9.80 Å². The summed E-state index contributed by atoms with van der Waals surface area (Å²) in [6.45, 7) is 0. The summed E-state index contributed by atoms with van der Waals surface area (Å²) in [5.41, 5.74) is 21.0. The lowest BCUT2D eigenvalue weighted by molar-refractivity contribution is 0.777. The molecule has 2 atom stereocenters. The van der Waals surface area contributed by atoms with Gasteiger partial charge in [-0.05, 0) is 80.9 Å². The molecule has 0 N–H and O–H groups in total. The molecule has 0 saturated carbocycles. The quantitative estimate of drug-likeness (QED) is 0.175. The molecule has 4 aliphatic rings. The third-order valence-corrected chi connectivity index (χ3v) is 10.7. The Hall–Kier alpha value is -5.86. The average Bonchev–Trinajstić information content (AvgIpc) is 3.14. The van der Waals surface area contributed by atoms with Gasteiger partial charge in [-0.25, -0.2) is 0 Å². The maximum absolute atomic E-state index is 2.60. The number of hydrogen-bond acceptors (Lipinski definition) is 2. The fourth-order valence-electron chi connectivity index (χ4n) is 8.87. The van der Waals surface area contributed by atoms with Gasteiger partial charge in [0.15, 0.2) is 0 Å². The van der Waals surface area contributed by atoms with Crippen molar-refractivity contribution in [1.82, 2.24) is 0 Å². The zero-order valence-electron chi connectivity index (χ0n) is 25.1. The van der Waals surface area contributed by atoms with Crippen LogP contribution >= 0.6 is 0 Å². The van der Waals surface area contributed by atoms with Crippen LogP contribution in [0.2, 0.25) is 0 Å². The number of benzene rings is 7. The molecular formula is C44H28N2. The lowest BCUT2D eigenvalue weighted by atomic mass is 9.73. The van der Waals surface area contributed by atoms with Crippen LogP contribution in [0.1, 0.15) is 34.3 Å². The topological polar surface area (TPSA) is 6.48 Å².